The average Bonchev–Trinajstić information content (AvgIpc) is 2.40. The van der Waals surface area contributed by atoms with Crippen LogP contribution in [0.15, 0.2) is 35.9 Å². The van der Waals surface area contributed by atoms with Crippen LogP contribution in [-0.2, 0) is 0 Å². The average molecular weight is 156 g/mol. The van der Waals surface area contributed by atoms with Crippen LogP contribution in [0, 0.1) is 0 Å². The smallest absolute Gasteiger partial charge is 0.0112 e. The van der Waals surface area contributed by atoms with Gasteiger partial charge in [0.05, 0.1) is 0 Å². The van der Waals surface area contributed by atoms with Crippen molar-refractivity contribution in [3.05, 3.63) is 47.0 Å². The molecular weight excluding hydrogens is 144 g/mol. The molecule has 0 amide bonds. The summed E-state index contributed by atoms with van der Waals surface area (Å²) in [4.78, 5) is 0. The first-order valence-electron chi connectivity index (χ1n) is 4.27. The van der Waals surface area contributed by atoms with Crippen molar-refractivity contribution >= 4 is 11.6 Å². The van der Waals surface area contributed by atoms with Gasteiger partial charge in [-0.2, -0.15) is 0 Å². The van der Waals surface area contributed by atoms with Crippen LogP contribution in [0.4, 0.5) is 0 Å². The van der Waals surface area contributed by atoms with E-state index in [0.717, 1.165) is 0 Å². The first-order chi connectivity index (χ1) is 5.83. The summed E-state index contributed by atoms with van der Waals surface area (Å²) in [5, 5.41) is 0. The maximum atomic E-state index is 2.24. The van der Waals surface area contributed by atoms with Crippen LogP contribution in [0.2, 0.25) is 0 Å². The molecular formula is C12H12. The highest BCUT2D eigenvalue weighted by molar-refractivity contribution is 5.93. The maximum Gasteiger partial charge on any atom is -0.0112 e. The third kappa shape index (κ3) is 0.918. The van der Waals surface area contributed by atoms with Crippen molar-refractivity contribution < 1.29 is 0 Å². The van der Waals surface area contributed by atoms with Crippen LogP contribution in [-0.4, -0.2) is 0 Å². The van der Waals surface area contributed by atoms with Gasteiger partial charge in [-0.15, -0.1) is 0 Å². The second-order valence-corrected chi connectivity index (χ2v) is 3.12. The molecule has 0 aromatic heterocycles. The van der Waals surface area contributed by atoms with E-state index in [2.05, 4.69) is 50.3 Å². The Labute approximate surface area is 73.2 Å². The molecule has 0 spiro atoms. The Kier molecular flexibility index (Phi) is 1.61. The molecule has 1 aliphatic carbocycles. The van der Waals surface area contributed by atoms with Gasteiger partial charge in [-0.05, 0) is 36.1 Å². The summed E-state index contributed by atoms with van der Waals surface area (Å²) in [5.74, 6) is 0. The quantitative estimate of drug-likeness (QED) is 0.539. The Morgan fingerprint density at radius 3 is 2.67 bits per heavy atom. The van der Waals surface area contributed by atoms with Gasteiger partial charge in [-0.3, -0.25) is 0 Å². The first-order valence-corrected chi connectivity index (χ1v) is 4.27. The second kappa shape index (κ2) is 2.63. The fourth-order valence-electron chi connectivity index (χ4n) is 1.77. The Bertz CT molecular complexity index is 367. The molecule has 0 nitrogen and oxygen atoms in total. The number of hydrogen-bond acceptors (Lipinski definition) is 0. The predicted octanol–water partition coefficient (Wildman–Crippen LogP) is 3.51. The zero-order valence-electron chi connectivity index (χ0n) is 7.46. The fraction of sp³-hybridized carbons (Fsp3) is 0.167. The Morgan fingerprint density at radius 2 is 1.92 bits per heavy atom. The zero-order chi connectivity index (χ0) is 8.55. The molecule has 12 heavy (non-hydrogen) atoms. The lowest BCUT2D eigenvalue weighted by molar-refractivity contribution is 1.55. The molecule has 0 atom stereocenters. The van der Waals surface area contributed by atoms with Gasteiger partial charge in [-0.1, -0.05) is 36.4 Å². The van der Waals surface area contributed by atoms with Gasteiger partial charge in [0.25, 0.3) is 0 Å². The van der Waals surface area contributed by atoms with E-state index in [9.17, 15) is 0 Å². The maximum absolute atomic E-state index is 2.24. The lowest BCUT2D eigenvalue weighted by Gasteiger charge is -2.00. The molecule has 1 aromatic rings. The molecule has 0 fully saturated rings. The Morgan fingerprint density at radius 1 is 1.17 bits per heavy atom. The van der Waals surface area contributed by atoms with E-state index in [1.807, 2.05) is 0 Å². The SMILES string of the molecule is CC=C1C(C)=Cc2ccccc21. The van der Waals surface area contributed by atoms with Gasteiger partial charge in [0, 0.05) is 0 Å². The second-order valence-electron chi connectivity index (χ2n) is 3.12. The molecule has 2 rings (SSSR count). The highest BCUT2D eigenvalue weighted by Gasteiger charge is 2.12. The van der Waals surface area contributed by atoms with Gasteiger partial charge >= 0.3 is 0 Å². The van der Waals surface area contributed by atoms with Crippen molar-refractivity contribution in [1.82, 2.24) is 0 Å². The highest BCUT2D eigenvalue weighted by atomic mass is 14.2. The van der Waals surface area contributed by atoms with E-state index in [-0.39, 0.29) is 0 Å². The molecule has 0 saturated heterocycles. The third-order valence-electron chi connectivity index (χ3n) is 2.34. The van der Waals surface area contributed by atoms with Crippen molar-refractivity contribution in [2.75, 3.05) is 0 Å². The number of benzene rings is 1. The minimum atomic E-state index is 1.35. The van der Waals surface area contributed by atoms with Crippen molar-refractivity contribution in [3.63, 3.8) is 0 Å². The zero-order valence-corrected chi connectivity index (χ0v) is 7.46. The van der Waals surface area contributed by atoms with Crippen LogP contribution in [0.5, 0.6) is 0 Å². The van der Waals surface area contributed by atoms with Gasteiger partial charge < -0.3 is 0 Å². The highest BCUT2D eigenvalue weighted by Crippen LogP contribution is 2.34. The molecule has 0 saturated carbocycles. The van der Waals surface area contributed by atoms with E-state index in [1.165, 1.54) is 22.3 Å². The number of allylic oxidation sites excluding steroid dienone is 3. The van der Waals surface area contributed by atoms with E-state index in [0.29, 0.717) is 0 Å². The summed E-state index contributed by atoms with van der Waals surface area (Å²) in [6.07, 6.45) is 4.42. The van der Waals surface area contributed by atoms with Crippen molar-refractivity contribution in [2.45, 2.75) is 13.8 Å². The topological polar surface area (TPSA) is 0 Å². The van der Waals surface area contributed by atoms with E-state index >= 15 is 0 Å². The molecule has 1 aliphatic rings. The van der Waals surface area contributed by atoms with Crippen molar-refractivity contribution in [1.29, 1.82) is 0 Å². The van der Waals surface area contributed by atoms with E-state index in [4.69, 9.17) is 0 Å². The van der Waals surface area contributed by atoms with Crippen molar-refractivity contribution in [2.24, 2.45) is 0 Å². The normalized spacial score (nSPS) is 17.8. The molecule has 1 aromatic carbocycles. The summed E-state index contributed by atoms with van der Waals surface area (Å²) in [7, 11) is 0. The van der Waals surface area contributed by atoms with E-state index in [1.54, 1.807) is 0 Å². The largest absolute Gasteiger partial charge is 0.0795 e. The summed E-state index contributed by atoms with van der Waals surface area (Å²) >= 11 is 0. The van der Waals surface area contributed by atoms with Gasteiger partial charge in [0.15, 0.2) is 0 Å². The molecule has 0 bridgehead atoms. The Balaban J connectivity index is 2.65. The minimum Gasteiger partial charge on any atom is -0.0795 e. The fourth-order valence-corrected chi connectivity index (χ4v) is 1.77. The third-order valence-corrected chi connectivity index (χ3v) is 2.34. The monoisotopic (exact) mass is 156 g/mol. The summed E-state index contributed by atoms with van der Waals surface area (Å²) in [6.45, 7) is 4.25. The van der Waals surface area contributed by atoms with Crippen LogP contribution in [0.1, 0.15) is 25.0 Å². The standard InChI is InChI=1S/C12H12/c1-3-11-9(2)8-10-6-4-5-7-12(10)11/h3-8H,1-2H3. The minimum absolute atomic E-state index is 1.35. The molecule has 0 N–H and O–H groups in total. The molecule has 0 aliphatic heterocycles. The number of fused-ring (bicyclic) bond motifs is 1. The molecule has 60 valence electrons. The summed E-state index contributed by atoms with van der Waals surface area (Å²) < 4.78 is 0. The van der Waals surface area contributed by atoms with Gasteiger partial charge in [0.1, 0.15) is 0 Å². The lowest BCUT2D eigenvalue weighted by atomic mass is 10.0. The van der Waals surface area contributed by atoms with Crippen molar-refractivity contribution in [3.8, 4) is 0 Å². The molecule has 0 radical (unpaired) electrons. The van der Waals surface area contributed by atoms with Crippen LogP contribution in [0.25, 0.3) is 11.6 Å². The summed E-state index contributed by atoms with van der Waals surface area (Å²) in [6, 6.07) is 8.52. The van der Waals surface area contributed by atoms with E-state index < -0.39 is 0 Å². The van der Waals surface area contributed by atoms with Crippen LogP contribution >= 0.6 is 0 Å². The van der Waals surface area contributed by atoms with Gasteiger partial charge in [0.2, 0.25) is 0 Å². The lowest BCUT2D eigenvalue weighted by Crippen LogP contribution is -1.80. The molecule has 0 heterocycles. The van der Waals surface area contributed by atoms with Crippen LogP contribution in [0.3, 0.4) is 0 Å². The van der Waals surface area contributed by atoms with Gasteiger partial charge in [-0.25, -0.2) is 0 Å². The Hall–Kier alpha value is -1.30. The summed E-state index contributed by atoms with van der Waals surface area (Å²) in [5.41, 5.74) is 5.48. The predicted molar refractivity (Wildman–Crippen MR) is 53.7 cm³/mol. The molecule has 0 heteroatoms. The number of rotatable bonds is 0. The molecule has 0 unspecified atom stereocenters. The number of hydrogen-bond donors (Lipinski definition) is 0. The van der Waals surface area contributed by atoms with Crippen LogP contribution < -0.4 is 0 Å². The first kappa shape index (κ1) is 7.35.